The molecule has 0 saturated heterocycles. The first kappa shape index (κ1) is 12.8. The molecule has 0 fully saturated rings. The minimum absolute atomic E-state index is 0.647. The molecule has 0 unspecified atom stereocenters. The van der Waals surface area contributed by atoms with E-state index in [1.807, 2.05) is 24.4 Å². The molecule has 3 rings (SSSR count). The van der Waals surface area contributed by atoms with Gasteiger partial charge in [0.25, 0.3) is 0 Å². The van der Waals surface area contributed by atoms with Gasteiger partial charge in [0.05, 0.1) is 17.1 Å². The van der Waals surface area contributed by atoms with E-state index >= 15 is 0 Å². The highest BCUT2D eigenvalue weighted by Crippen LogP contribution is 2.25. The number of H-pyrrole nitrogens is 1. The summed E-state index contributed by atoms with van der Waals surface area (Å²) >= 11 is 3.48. The Labute approximate surface area is 125 Å². The van der Waals surface area contributed by atoms with Crippen molar-refractivity contribution in [2.24, 2.45) is 0 Å². The van der Waals surface area contributed by atoms with Crippen LogP contribution in [0.2, 0.25) is 0 Å². The summed E-state index contributed by atoms with van der Waals surface area (Å²) in [5.41, 5.74) is 4.00. The van der Waals surface area contributed by atoms with Crippen LogP contribution in [-0.2, 0) is 6.54 Å². The largest absolute Gasteiger partial charge is 0.380 e. The third-order valence-corrected chi connectivity index (χ3v) is 3.90. The fraction of sp³-hybridized carbons (Fsp3) is 0.0625. The van der Waals surface area contributed by atoms with Crippen molar-refractivity contribution in [3.8, 4) is 6.07 Å². The molecule has 4 heteroatoms. The highest BCUT2D eigenvalue weighted by molar-refractivity contribution is 9.10. The van der Waals surface area contributed by atoms with Crippen LogP contribution in [0.25, 0.3) is 10.9 Å². The van der Waals surface area contributed by atoms with Crippen LogP contribution in [0, 0.1) is 11.3 Å². The molecule has 1 aromatic heterocycles. The van der Waals surface area contributed by atoms with Crippen LogP contribution >= 0.6 is 15.9 Å². The number of nitrogens with zero attached hydrogens (tertiary/aromatic N) is 1. The number of nitrogens with one attached hydrogen (secondary N) is 2. The molecule has 2 N–H and O–H groups in total. The quantitative estimate of drug-likeness (QED) is 0.749. The second-order valence-corrected chi connectivity index (χ2v) is 5.37. The Morgan fingerprint density at radius 2 is 2.10 bits per heavy atom. The molecule has 0 saturated carbocycles. The highest BCUT2D eigenvalue weighted by Gasteiger charge is 2.04. The van der Waals surface area contributed by atoms with E-state index in [0.29, 0.717) is 5.56 Å². The highest BCUT2D eigenvalue weighted by atomic mass is 79.9. The third kappa shape index (κ3) is 2.40. The number of halogens is 1. The van der Waals surface area contributed by atoms with Crippen molar-refractivity contribution < 1.29 is 0 Å². The molecule has 0 aliphatic rings. The number of rotatable bonds is 3. The first-order chi connectivity index (χ1) is 9.78. The topological polar surface area (TPSA) is 51.6 Å². The fourth-order valence-electron chi connectivity index (χ4n) is 2.22. The molecule has 0 bridgehead atoms. The van der Waals surface area contributed by atoms with Crippen LogP contribution in [0.3, 0.4) is 0 Å². The van der Waals surface area contributed by atoms with Crippen molar-refractivity contribution in [1.29, 1.82) is 5.26 Å². The lowest BCUT2D eigenvalue weighted by Crippen LogP contribution is -2.01. The van der Waals surface area contributed by atoms with Crippen LogP contribution in [0.5, 0.6) is 0 Å². The zero-order chi connectivity index (χ0) is 13.9. The van der Waals surface area contributed by atoms with E-state index in [1.165, 1.54) is 10.9 Å². The van der Waals surface area contributed by atoms with Crippen molar-refractivity contribution in [1.82, 2.24) is 4.98 Å². The number of anilines is 1. The smallest absolute Gasteiger partial charge is 0.0992 e. The molecule has 20 heavy (non-hydrogen) atoms. The van der Waals surface area contributed by atoms with Gasteiger partial charge in [-0.2, -0.15) is 5.26 Å². The molecule has 98 valence electrons. The molecule has 0 amide bonds. The summed E-state index contributed by atoms with van der Waals surface area (Å²) in [6.45, 7) is 0.725. The predicted octanol–water partition coefficient (Wildman–Crippen LogP) is 4.41. The number of aromatic nitrogens is 1. The lowest BCUT2D eigenvalue weighted by Gasteiger charge is -2.09. The maximum Gasteiger partial charge on any atom is 0.0992 e. The summed E-state index contributed by atoms with van der Waals surface area (Å²) in [4.78, 5) is 3.26. The lowest BCUT2D eigenvalue weighted by molar-refractivity contribution is 1.15. The van der Waals surface area contributed by atoms with Gasteiger partial charge >= 0.3 is 0 Å². The molecule has 1 heterocycles. The van der Waals surface area contributed by atoms with Crippen molar-refractivity contribution >= 4 is 32.5 Å². The van der Waals surface area contributed by atoms with Crippen LogP contribution < -0.4 is 5.32 Å². The molecule has 0 spiro atoms. The average molecular weight is 326 g/mol. The number of hydrogen-bond donors (Lipinski definition) is 2. The molecule has 0 aliphatic heterocycles. The summed E-state index contributed by atoms with van der Waals surface area (Å²) in [7, 11) is 0. The van der Waals surface area contributed by atoms with Gasteiger partial charge in [0, 0.05) is 22.9 Å². The Morgan fingerprint density at radius 1 is 1.20 bits per heavy atom. The fourth-order valence-corrected chi connectivity index (χ4v) is 2.73. The van der Waals surface area contributed by atoms with E-state index in [2.05, 4.69) is 56.6 Å². The minimum atomic E-state index is 0.647. The van der Waals surface area contributed by atoms with E-state index in [0.717, 1.165) is 22.2 Å². The Balaban J connectivity index is 1.83. The summed E-state index contributed by atoms with van der Waals surface area (Å²) < 4.78 is 0.898. The van der Waals surface area contributed by atoms with Crippen LogP contribution in [0.4, 0.5) is 5.69 Å². The van der Waals surface area contributed by atoms with Gasteiger partial charge in [-0.15, -0.1) is 0 Å². The van der Waals surface area contributed by atoms with E-state index in [-0.39, 0.29) is 0 Å². The molecule has 0 radical (unpaired) electrons. The Morgan fingerprint density at radius 3 is 2.90 bits per heavy atom. The zero-order valence-corrected chi connectivity index (χ0v) is 12.2. The summed E-state index contributed by atoms with van der Waals surface area (Å²) in [5, 5.41) is 13.5. The number of benzene rings is 2. The maximum absolute atomic E-state index is 8.86. The second-order valence-electron chi connectivity index (χ2n) is 4.52. The Bertz CT molecular complexity index is 799. The van der Waals surface area contributed by atoms with E-state index in [4.69, 9.17) is 5.26 Å². The number of aromatic amines is 1. The van der Waals surface area contributed by atoms with Gasteiger partial charge in [-0.3, -0.25) is 0 Å². The Kier molecular flexibility index (Phi) is 3.44. The number of fused-ring (bicyclic) bond motifs is 1. The molecule has 2 aromatic carbocycles. The molecule has 3 nitrogen and oxygen atoms in total. The average Bonchev–Trinajstić information content (AvgIpc) is 2.95. The first-order valence-corrected chi connectivity index (χ1v) is 7.06. The van der Waals surface area contributed by atoms with Crippen molar-refractivity contribution in [2.45, 2.75) is 6.54 Å². The van der Waals surface area contributed by atoms with Gasteiger partial charge in [0.15, 0.2) is 0 Å². The third-order valence-electron chi connectivity index (χ3n) is 3.24. The van der Waals surface area contributed by atoms with E-state index < -0.39 is 0 Å². The van der Waals surface area contributed by atoms with Gasteiger partial charge in [-0.25, -0.2) is 0 Å². The first-order valence-electron chi connectivity index (χ1n) is 6.26. The summed E-state index contributed by atoms with van der Waals surface area (Å²) in [5.74, 6) is 0. The number of para-hydroxylation sites is 1. The molecule has 3 aromatic rings. The van der Waals surface area contributed by atoms with E-state index in [1.54, 1.807) is 0 Å². The van der Waals surface area contributed by atoms with Gasteiger partial charge in [0.2, 0.25) is 0 Å². The Hall–Kier alpha value is -2.25. The predicted molar refractivity (Wildman–Crippen MR) is 84.5 cm³/mol. The van der Waals surface area contributed by atoms with Crippen LogP contribution in [-0.4, -0.2) is 4.98 Å². The summed E-state index contributed by atoms with van der Waals surface area (Å²) in [6, 6.07) is 16.0. The van der Waals surface area contributed by atoms with Crippen LogP contribution in [0.15, 0.2) is 53.1 Å². The monoisotopic (exact) mass is 325 g/mol. The molecular weight excluding hydrogens is 314 g/mol. The van der Waals surface area contributed by atoms with Gasteiger partial charge < -0.3 is 10.3 Å². The van der Waals surface area contributed by atoms with Gasteiger partial charge in [-0.1, -0.05) is 18.2 Å². The standard InChI is InChI=1S/C16H12BrN3/c17-14-8-11(9-18)4-5-15(14)20-10-13-3-1-2-12-6-7-19-16(12)13/h1-8,19-20H,10H2. The normalized spacial score (nSPS) is 10.4. The molecule has 0 atom stereocenters. The van der Waals surface area contributed by atoms with Crippen LogP contribution in [0.1, 0.15) is 11.1 Å². The van der Waals surface area contributed by atoms with Gasteiger partial charge in [-0.05, 0) is 51.1 Å². The summed E-state index contributed by atoms with van der Waals surface area (Å²) in [6.07, 6.45) is 1.95. The van der Waals surface area contributed by atoms with Gasteiger partial charge in [0.1, 0.15) is 0 Å². The number of hydrogen-bond acceptors (Lipinski definition) is 2. The van der Waals surface area contributed by atoms with E-state index in [9.17, 15) is 0 Å². The number of nitriles is 1. The van der Waals surface area contributed by atoms with Crippen molar-refractivity contribution in [3.63, 3.8) is 0 Å². The SMILES string of the molecule is N#Cc1ccc(NCc2cccc3cc[nH]c23)c(Br)c1. The second kappa shape index (κ2) is 5.40. The molecular formula is C16H12BrN3. The maximum atomic E-state index is 8.86. The van der Waals surface area contributed by atoms with Crippen molar-refractivity contribution in [2.75, 3.05) is 5.32 Å². The minimum Gasteiger partial charge on any atom is -0.380 e. The zero-order valence-electron chi connectivity index (χ0n) is 10.7. The molecule has 0 aliphatic carbocycles. The van der Waals surface area contributed by atoms with Crippen molar-refractivity contribution in [3.05, 3.63) is 64.3 Å². The lowest BCUT2D eigenvalue weighted by atomic mass is 10.1.